The van der Waals surface area contributed by atoms with Crippen LogP contribution in [0.2, 0.25) is 0 Å². The number of nitrogen functional groups attached to an aromatic ring is 1. The minimum atomic E-state index is -0.460. The monoisotopic (exact) mass is 182 g/mol. The highest BCUT2D eigenvalue weighted by Crippen LogP contribution is 2.17. The zero-order valence-corrected chi connectivity index (χ0v) is 7.52. The van der Waals surface area contributed by atoms with Gasteiger partial charge in [-0.05, 0) is 19.1 Å². The summed E-state index contributed by atoms with van der Waals surface area (Å²) < 4.78 is 13.1. The standard InChI is InChI=1S/C9H11FN2O/c1-5-7(10)3-6(4-8(5)11)9(13)12-2/h3-4H,11H2,1-2H3,(H,12,13). The average molecular weight is 182 g/mol. The maximum Gasteiger partial charge on any atom is 0.251 e. The Morgan fingerprint density at radius 3 is 2.62 bits per heavy atom. The van der Waals surface area contributed by atoms with Crippen LogP contribution in [0.1, 0.15) is 15.9 Å². The molecule has 0 heterocycles. The molecule has 0 aromatic heterocycles. The van der Waals surface area contributed by atoms with Gasteiger partial charge in [0, 0.05) is 23.9 Å². The van der Waals surface area contributed by atoms with E-state index in [2.05, 4.69) is 5.32 Å². The van der Waals surface area contributed by atoms with E-state index in [9.17, 15) is 9.18 Å². The quantitative estimate of drug-likeness (QED) is 0.638. The first kappa shape index (κ1) is 9.51. The number of anilines is 1. The molecule has 0 aliphatic rings. The van der Waals surface area contributed by atoms with Crippen molar-refractivity contribution in [3.8, 4) is 0 Å². The third-order valence-corrected chi connectivity index (χ3v) is 1.87. The van der Waals surface area contributed by atoms with Gasteiger partial charge in [0.05, 0.1) is 0 Å². The van der Waals surface area contributed by atoms with Crippen LogP contribution in [0.3, 0.4) is 0 Å². The van der Waals surface area contributed by atoms with E-state index >= 15 is 0 Å². The molecular weight excluding hydrogens is 171 g/mol. The van der Waals surface area contributed by atoms with E-state index in [1.165, 1.54) is 19.2 Å². The van der Waals surface area contributed by atoms with Crippen molar-refractivity contribution < 1.29 is 9.18 Å². The van der Waals surface area contributed by atoms with Crippen molar-refractivity contribution in [3.05, 3.63) is 29.1 Å². The fourth-order valence-electron chi connectivity index (χ4n) is 0.976. The summed E-state index contributed by atoms with van der Waals surface area (Å²) in [4.78, 5) is 11.1. The van der Waals surface area contributed by atoms with Crippen LogP contribution >= 0.6 is 0 Å². The van der Waals surface area contributed by atoms with Crippen LogP contribution in [0.15, 0.2) is 12.1 Å². The summed E-state index contributed by atoms with van der Waals surface area (Å²) in [5.74, 6) is -0.802. The fraction of sp³-hybridized carbons (Fsp3) is 0.222. The average Bonchev–Trinajstić information content (AvgIpc) is 2.12. The van der Waals surface area contributed by atoms with E-state index < -0.39 is 5.82 Å². The van der Waals surface area contributed by atoms with Crippen LogP contribution in [0.25, 0.3) is 0 Å². The van der Waals surface area contributed by atoms with E-state index in [1.54, 1.807) is 6.92 Å². The summed E-state index contributed by atoms with van der Waals surface area (Å²) in [6.07, 6.45) is 0. The molecule has 1 amide bonds. The minimum absolute atomic E-state index is 0.239. The Hall–Kier alpha value is -1.58. The molecule has 1 aromatic rings. The predicted molar refractivity (Wildman–Crippen MR) is 48.9 cm³/mol. The van der Waals surface area contributed by atoms with Crippen molar-refractivity contribution in [2.75, 3.05) is 12.8 Å². The number of halogens is 1. The number of hydrogen-bond donors (Lipinski definition) is 2. The molecule has 13 heavy (non-hydrogen) atoms. The highest BCUT2D eigenvalue weighted by atomic mass is 19.1. The molecule has 0 aliphatic carbocycles. The van der Waals surface area contributed by atoms with E-state index in [0.717, 1.165) is 0 Å². The second-order valence-electron chi connectivity index (χ2n) is 2.75. The zero-order valence-electron chi connectivity index (χ0n) is 7.52. The lowest BCUT2D eigenvalue weighted by Gasteiger charge is -2.05. The smallest absolute Gasteiger partial charge is 0.251 e. The van der Waals surface area contributed by atoms with Gasteiger partial charge in [-0.2, -0.15) is 0 Å². The van der Waals surface area contributed by atoms with Crippen molar-refractivity contribution in [2.24, 2.45) is 0 Å². The van der Waals surface area contributed by atoms with Gasteiger partial charge >= 0.3 is 0 Å². The van der Waals surface area contributed by atoms with Crippen LogP contribution in [0, 0.1) is 12.7 Å². The fourth-order valence-corrected chi connectivity index (χ4v) is 0.976. The van der Waals surface area contributed by atoms with E-state index in [0.29, 0.717) is 11.3 Å². The first-order chi connectivity index (χ1) is 6.06. The summed E-state index contributed by atoms with van der Waals surface area (Å²) in [7, 11) is 1.48. The lowest BCUT2D eigenvalue weighted by atomic mass is 10.1. The van der Waals surface area contributed by atoms with Gasteiger partial charge < -0.3 is 11.1 Å². The minimum Gasteiger partial charge on any atom is -0.398 e. The van der Waals surface area contributed by atoms with Gasteiger partial charge in [-0.1, -0.05) is 0 Å². The Balaban J connectivity index is 3.20. The van der Waals surface area contributed by atoms with Gasteiger partial charge in [0.25, 0.3) is 5.91 Å². The second kappa shape index (κ2) is 3.43. The van der Waals surface area contributed by atoms with Gasteiger partial charge in [0.2, 0.25) is 0 Å². The molecule has 0 atom stereocenters. The summed E-state index contributed by atoms with van der Waals surface area (Å²) in [5.41, 5.74) is 6.39. The van der Waals surface area contributed by atoms with Crippen molar-refractivity contribution >= 4 is 11.6 Å². The first-order valence-corrected chi connectivity index (χ1v) is 3.84. The molecule has 0 bridgehead atoms. The number of rotatable bonds is 1. The Labute approximate surface area is 75.7 Å². The highest BCUT2D eigenvalue weighted by Gasteiger charge is 2.08. The van der Waals surface area contributed by atoms with Crippen molar-refractivity contribution in [2.45, 2.75) is 6.92 Å². The molecule has 3 nitrogen and oxygen atoms in total. The topological polar surface area (TPSA) is 55.1 Å². The Morgan fingerprint density at radius 2 is 2.15 bits per heavy atom. The first-order valence-electron chi connectivity index (χ1n) is 3.84. The Kier molecular flexibility index (Phi) is 2.51. The van der Waals surface area contributed by atoms with Crippen LogP contribution in [-0.2, 0) is 0 Å². The molecule has 0 aliphatic heterocycles. The maximum absolute atomic E-state index is 13.1. The summed E-state index contributed by atoms with van der Waals surface area (Å²) in [5, 5.41) is 2.39. The van der Waals surface area contributed by atoms with Crippen LogP contribution in [0.5, 0.6) is 0 Å². The van der Waals surface area contributed by atoms with Crippen molar-refractivity contribution in [1.29, 1.82) is 0 Å². The van der Waals surface area contributed by atoms with Crippen molar-refractivity contribution in [3.63, 3.8) is 0 Å². The number of amides is 1. The van der Waals surface area contributed by atoms with Crippen molar-refractivity contribution in [1.82, 2.24) is 5.32 Å². The third kappa shape index (κ3) is 1.77. The van der Waals surface area contributed by atoms with Crippen LogP contribution < -0.4 is 11.1 Å². The molecule has 0 saturated carbocycles. The predicted octanol–water partition coefficient (Wildman–Crippen LogP) is 1.08. The molecule has 0 unspecified atom stereocenters. The second-order valence-corrected chi connectivity index (χ2v) is 2.75. The van der Waals surface area contributed by atoms with Gasteiger partial charge in [-0.3, -0.25) is 4.79 Å². The van der Waals surface area contributed by atoms with Gasteiger partial charge in [-0.15, -0.1) is 0 Å². The molecule has 0 spiro atoms. The molecular formula is C9H11FN2O. The lowest BCUT2D eigenvalue weighted by molar-refractivity contribution is 0.0962. The number of carbonyl (C=O) groups excluding carboxylic acids is 1. The van der Waals surface area contributed by atoms with Crippen LogP contribution in [0.4, 0.5) is 10.1 Å². The van der Waals surface area contributed by atoms with E-state index in [1.807, 2.05) is 0 Å². The molecule has 1 aromatic carbocycles. The molecule has 0 radical (unpaired) electrons. The highest BCUT2D eigenvalue weighted by molar-refractivity contribution is 5.95. The molecule has 3 N–H and O–H groups in total. The van der Waals surface area contributed by atoms with Gasteiger partial charge in [-0.25, -0.2) is 4.39 Å². The Morgan fingerprint density at radius 1 is 1.54 bits per heavy atom. The SMILES string of the molecule is CNC(=O)c1cc(N)c(C)c(F)c1. The summed E-state index contributed by atoms with van der Waals surface area (Å²) in [6, 6.07) is 2.63. The number of benzene rings is 1. The van der Waals surface area contributed by atoms with Gasteiger partial charge in [0.1, 0.15) is 5.82 Å². The summed E-state index contributed by atoms with van der Waals surface area (Å²) >= 11 is 0. The molecule has 0 saturated heterocycles. The maximum atomic E-state index is 13.1. The molecule has 1 rings (SSSR count). The van der Waals surface area contributed by atoms with Crippen LogP contribution in [-0.4, -0.2) is 13.0 Å². The molecule has 70 valence electrons. The zero-order chi connectivity index (χ0) is 10.0. The largest absolute Gasteiger partial charge is 0.398 e. The molecule has 4 heteroatoms. The van der Waals surface area contributed by atoms with E-state index in [4.69, 9.17) is 5.73 Å². The third-order valence-electron chi connectivity index (χ3n) is 1.87. The number of carbonyl (C=O) groups is 1. The number of nitrogens with two attached hydrogens (primary N) is 1. The number of hydrogen-bond acceptors (Lipinski definition) is 2. The number of nitrogens with one attached hydrogen (secondary N) is 1. The normalized spacial score (nSPS) is 9.77. The molecule has 0 fully saturated rings. The van der Waals surface area contributed by atoms with E-state index in [-0.39, 0.29) is 11.5 Å². The lowest BCUT2D eigenvalue weighted by Crippen LogP contribution is -2.18. The van der Waals surface area contributed by atoms with Gasteiger partial charge in [0.15, 0.2) is 0 Å². The summed E-state index contributed by atoms with van der Waals surface area (Å²) in [6.45, 7) is 1.57. The Bertz CT molecular complexity index is 326.